The molecule has 1 aromatic rings. The summed E-state index contributed by atoms with van der Waals surface area (Å²) in [7, 11) is -6.48. The molecule has 4 rings (SSSR count). The first kappa shape index (κ1) is 20.3. The molecule has 3 aliphatic heterocycles. The van der Waals surface area contributed by atoms with E-state index < -0.39 is 19.9 Å². The van der Waals surface area contributed by atoms with Crippen LogP contribution in [0, 0.1) is 0 Å². The van der Waals surface area contributed by atoms with Gasteiger partial charge in [0.15, 0.2) is 9.84 Å². The van der Waals surface area contributed by atoms with Crippen LogP contribution in [0.1, 0.15) is 18.4 Å². The molecule has 11 heteroatoms. The van der Waals surface area contributed by atoms with Crippen molar-refractivity contribution in [2.45, 2.75) is 23.8 Å². The molecule has 0 bridgehead atoms. The Morgan fingerprint density at radius 2 is 1.83 bits per heavy atom. The van der Waals surface area contributed by atoms with Gasteiger partial charge >= 0.3 is 0 Å². The molecule has 1 aromatic carbocycles. The zero-order chi connectivity index (χ0) is 20.6. The summed E-state index contributed by atoms with van der Waals surface area (Å²) in [6.45, 7) is 2.69. The first-order chi connectivity index (χ1) is 13.8. The van der Waals surface area contributed by atoms with Gasteiger partial charge in [-0.25, -0.2) is 16.8 Å². The number of carbonyl (C=O) groups is 1. The van der Waals surface area contributed by atoms with Gasteiger partial charge < -0.3 is 4.90 Å². The van der Waals surface area contributed by atoms with Crippen LogP contribution in [-0.2, 0) is 24.7 Å². The number of rotatable bonds is 4. The molecule has 2 saturated heterocycles. The van der Waals surface area contributed by atoms with Gasteiger partial charge in [-0.2, -0.15) is 0 Å². The van der Waals surface area contributed by atoms with Gasteiger partial charge in [0.2, 0.25) is 5.91 Å². The average Bonchev–Trinajstić information content (AvgIpc) is 3.18. The van der Waals surface area contributed by atoms with E-state index in [4.69, 9.17) is 0 Å². The second kappa shape index (κ2) is 7.69. The molecule has 0 aliphatic carbocycles. The third-order valence-corrected chi connectivity index (χ3v) is 8.80. The Kier molecular flexibility index (Phi) is 5.38. The fraction of sp³-hybridized carbons (Fsp3) is 0.556. The fourth-order valence-electron chi connectivity index (χ4n) is 4.07. The SMILES string of the molecule is O=C(CCN=C1NS(=O)(=O)c2ccccc21)N1CCN(C2CCS(=O)(=O)C2)CC1. The lowest BCUT2D eigenvalue weighted by Gasteiger charge is -2.37. The van der Waals surface area contributed by atoms with Crippen molar-refractivity contribution in [2.75, 3.05) is 44.2 Å². The average molecular weight is 441 g/mol. The lowest BCUT2D eigenvalue weighted by molar-refractivity contribution is -0.133. The van der Waals surface area contributed by atoms with Gasteiger partial charge in [-0.1, -0.05) is 12.1 Å². The van der Waals surface area contributed by atoms with E-state index in [1.807, 2.05) is 0 Å². The standard InChI is InChI=1S/C18H24N4O5S2/c23-17(22-10-8-21(9-11-22)14-6-12-28(24,25)13-14)5-7-19-18-15-3-1-2-4-16(15)29(26,27)20-18/h1-4,14H,5-13H2,(H,19,20). The summed E-state index contributed by atoms with van der Waals surface area (Å²) in [4.78, 5) is 20.9. The highest BCUT2D eigenvalue weighted by Gasteiger charge is 2.34. The summed E-state index contributed by atoms with van der Waals surface area (Å²) in [5, 5.41) is 0. The molecule has 1 amide bonds. The van der Waals surface area contributed by atoms with Crippen LogP contribution in [0.5, 0.6) is 0 Å². The van der Waals surface area contributed by atoms with E-state index in [-0.39, 0.29) is 47.2 Å². The van der Waals surface area contributed by atoms with Gasteiger partial charge in [0.25, 0.3) is 10.0 Å². The van der Waals surface area contributed by atoms with Crippen molar-refractivity contribution in [1.29, 1.82) is 0 Å². The fourth-order valence-corrected chi connectivity index (χ4v) is 7.09. The summed E-state index contributed by atoms with van der Waals surface area (Å²) in [5.74, 6) is 0.725. The number of hydrogen-bond acceptors (Lipinski definition) is 7. The van der Waals surface area contributed by atoms with Gasteiger partial charge in [0, 0.05) is 44.2 Å². The van der Waals surface area contributed by atoms with Crippen LogP contribution in [-0.4, -0.2) is 88.6 Å². The second-order valence-electron chi connectivity index (χ2n) is 7.56. The third-order valence-electron chi connectivity index (χ3n) is 5.65. The van der Waals surface area contributed by atoms with Crippen LogP contribution >= 0.6 is 0 Å². The molecule has 1 unspecified atom stereocenters. The number of hydrogen-bond donors (Lipinski definition) is 1. The molecule has 0 aromatic heterocycles. The van der Waals surface area contributed by atoms with Crippen molar-refractivity contribution >= 4 is 31.6 Å². The van der Waals surface area contributed by atoms with Crippen molar-refractivity contribution in [2.24, 2.45) is 4.99 Å². The molecule has 9 nitrogen and oxygen atoms in total. The molecule has 3 aliphatic rings. The summed E-state index contributed by atoms with van der Waals surface area (Å²) >= 11 is 0. The number of amidine groups is 1. The number of fused-ring (bicyclic) bond motifs is 1. The van der Waals surface area contributed by atoms with Gasteiger partial charge in [0.05, 0.1) is 22.9 Å². The maximum absolute atomic E-state index is 12.5. The number of sulfonamides is 1. The molecule has 1 atom stereocenters. The lowest BCUT2D eigenvalue weighted by Crippen LogP contribution is -2.52. The van der Waals surface area contributed by atoms with Crippen LogP contribution in [0.3, 0.4) is 0 Å². The molecular weight excluding hydrogens is 416 g/mol. The minimum absolute atomic E-state index is 0.0258. The molecule has 158 valence electrons. The monoisotopic (exact) mass is 440 g/mol. The smallest absolute Gasteiger partial charge is 0.263 e. The molecule has 29 heavy (non-hydrogen) atoms. The van der Waals surface area contributed by atoms with Crippen molar-refractivity contribution < 1.29 is 21.6 Å². The summed E-state index contributed by atoms with van der Waals surface area (Å²) in [6.07, 6.45) is 0.871. The van der Waals surface area contributed by atoms with E-state index in [1.165, 1.54) is 6.07 Å². The van der Waals surface area contributed by atoms with Crippen LogP contribution < -0.4 is 4.72 Å². The summed E-state index contributed by atoms with van der Waals surface area (Å²) in [5.41, 5.74) is 0.528. The highest BCUT2D eigenvalue weighted by atomic mass is 32.2. The minimum Gasteiger partial charge on any atom is -0.340 e. The lowest BCUT2D eigenvalue weighted by atomic mass is 10.2. The maximum atomic E-state index is 12.5. The highest BCUT2D eigenvalue weighted by Crippen LogP contribution is 2.22. The van der Waals surface area contributed by atoms with E-state index >= 15 is 0 Å². The number of benzene rings is 1. The second-order valence-corrected chi connectivity index (χ2v) is 11.4. The predicted octanol–water partition coefficient (Wildman–Crippen LogP) is -0.553. The highest BCUT2D eigenvalue weighted by molar-refractivity contribution is 7.91. The van der Waals surface area contributed by atoms with Crippen molar-refractivity contribution in [3.8, 4) is 0 Å². The molecular formula is C18H24N4O5S2. The zero-order valence-electron chi connectivity index (χ0n) is 16.0. The van der Waals surface area contributed by atoms with Crippen LogP contribution in [0.4, 0.5) is 0 Å². The van der Waals surface area contributed by atoms with Gasteiger partial charge in [-0.15, -0.1) is 0 Å². The van der Waals surface area contributed by atoms with E-state index in [9.17, 15) is 21.6 Å². The molecule has 0 saturated carbocycles. The zero-order valence-corrected chi connectivity index (χ0v) is 17.6. The summed E-state index contributed by atoms with van der Waals surface area (Å²) in [6, 6.07) is 6.69. The van der Waals surface area contributed by atoms with E-state index in [2.05, 4.69) is 14.6 Å². The Hall–Kier alpha value is -1.98. The van der Waals surface area contributed by atoms with Gasteiger partial charge in [-0.05, 0) is 18.6 Å². The molecule has 0 spiro atoms. The predicted molar refractivity (Wildman–Crippen MR) is 108 cm³/mol. The van der Waals surface area contributed by atoms with Crippen molar-refractivity contribution in [3.63, 3.8) is 0 Å². The van der Waals surface area contributed by atoms with Gasteiger partial charge in [0.1, 0.15) is 5.84 Å². The van der Waals surface area contributed by atoms with Gasteiger partial charge in [-0.3, -0.25) is 19.4 Å². The number of carbonyl (C=O) groups excluding carboxylic acids is 1. The maximum Gasteiger partial charge on any atom is 0.263 e. The van der Waals surface area contributed by atoms with E-state index in [1.54, 1.807) is 23.1 Å². The van der Waals surface area contributed by atoms with Crippen LogP contribution in [0.2, 0.25) is 0 Å². The Morgan fingerprint density at radius 3 is 2.52 bits per heavy atom. The number of aliphatic imine (C=N–C) groups is 1. The quantitative estimate of drug-likeness (QED) is 0.671. The van der Waals surface area contributed by atoms with Crippen molar-refractivity contribution in [3.05, 3.63) is 29.8 Å². The van der Waals surface area contributed by atoms with Crippen LogP contribution in [0.25, 0.3) is 0 Å². The number of sulfone groups is 1. The number of nitrogens with one attached hydrogen (secondary N) is 1. The minimum atomic E-state index is -3.57. The Morgan fingerprint density at radius 1 is 1.10 bits per heavy atom. The van der Waals surface area contributed by atoms with Crippen molar-refractivity contribution in [1.82, 2.24) is 14.5 Å². The van der Waals surface area contributed by atoms with E-state index in [0.29, 0.717) is 38.2 Å². The Labute approximate surface area is 170 Å². The number of nitrogens with zero attached hydrogens (tertiary/aromatic N) is 3. The molecule has 2 fully saturated rings. The molecule has 0 radical (unpaired) electrons. The largest absolute Gasteiger partial charge is 0.340 e. The normalized spacial score (nSPS) is 27.0. The Balaban J connectivity index is 1.29. The molecule has 3 heterocycles. The first-order valence-corrected chi connectivity index (χ1v) is 12.9. The Bertz CT molecular complexity index is 1040. The summed E-state index contributed by atoms with van der Waals surface area (Å²) < 4.78 is 49.9. The third kappa shape index (κ3) is 4.31. The number of piperazine rings is 1. The van der Waals surface area contributed by atoms with E-state index in [0.717, 1.165) is 0 Å². The molecule has 1 N–H and O–H groups in total. The topological polar surface area (TPSA) is 116 Å². The van der Waals surface area contributed by atoms with Crippen LogP contribution in [0.15, 0.2) is 34.2 Å². The number of amides is 1. The first-order valence-electron chi connectivity index (χ1n) is 9.64.